The van der Waals surface area contributed by atoms with E-state index in [9.17, 15) is 16.8 Å². The number of oxazole rings is 1. The van der Waals surface area contributed by atoms with Gasteiger partial charge in [-0.2, -0.15) is 16.8 Å². The zero-order valence-electron chi connectivity index (χ0n) is 13.9. The molecule has 0 aliphatic rings. The number of aryl methyl sites for hydroxylation is 2. The third-order valence-corrected chi connectivity index (χ3v) is 6.82. The van der Waals surface area contributed by atoms with E-state index < -0.39 is 30.7 Å². The standard InChI is InChI=1S/C15H21NO7S2/c1-10(24(17,18)19)3-5-12-7-14-15(23-9-16-14)8-13(12)6-4-11(2)25(20,21)22/h7-11H,3-6H2,1-2H3,(H,17,18,19)(H,20,21,22). The Morgan fingerprint density at radius 2 is 1.44 bits per heavy atom. The monoisotopic (exact) mass is 391 g/mol. The summed E-state index contributed by atoms with van der Waals surface area (Å²) < 4.78 is 68.1. The fourth-order valence-electron chi connectivity index (χ4n) is 2.47. The van der Waals surface area contributed by atoms with Gasteiger partial charge in [-0.25, -0.2) is 4.98 Å². The zero-order chi connectivity index (χ0) is 18.8. The van der Waals surface area contributed by atoms with E-state index in [1.54, 1.807) is 12.1 Å². The summed E-state index contributed by atoms with van der Waals surface area (Å²) in [6, 6.07) is 3.51. The molecule has 0 saturated heterocycles. The van der Waals surface area contributed by atoms with Crippen LogP contribution in [0.3, 0.4) is 0 Å². The van der Waals surface area contributed by atoms with E-state index >= 15 is 0 Å². The van der Waals surface area contributed by atoms with Crippen LogP contribution in [-0.2, 0) is 33.1 Å². The topological polar surface area (TPSA) is 135 Å². The van der Waals surface area contributed by atoms with Crippen LogP contribution in [0.2, 0.25) is 0 Å². The number of benzene rings is 1. The highest BCUT2D eigenvalue weighted by atomic mass is 32.2. The highest BCUT2D eigenvalue weighted by molar-refractivity contribution is 7.86. The Labute approximate surface area is 146 Å². The normalized spacial score (nSPS) is 15.4. The summed E-state index contributed by atoms with van der Waals surface area (Å²) in [4.78, 5) is 4.06. The van der Waals surface area contributed by atoms with Crippen molar-refractivity contribution in [2.45, 2.75) is 50.0 Å². The van der Waals surface area contributed by atoms with Gasteiger partial charge in [-0.1, -0.05) is 0 Å². The lowest BCUT2D eigenvalue weighted by Crippen LogP contribution is -2.18. The van der Waals surface area contributed by atoms with E-state index in [-0.39, 0.29) is 12.8 Å². The quantitative estimate of drug-likeness (QED) is 0.654. The predicted molar refractivity (Wildman–Crippen MR) is 92.7 cm³/mol. The molecule has 0 fully saturated rings. The molecule has 0 spiro atoms. The molecule has 25 heavy (non-hydrogen) atoms. The lowest BCUT2D eigenvalue weighted by Gasteiger charge is -2.13. The van der Waals surface area contributed by atoms with Crippen molar-refractivity contribution in [3.8, 4) is 0 Å². The number of hydrogen-bond acceptors (Lipinski definition) is 6. The van der Waals surface area contributed by atoms with Gasteiger partial charge < -0.3 is 4.42 Å². The second kappa shape index (κ2) is 7.40. The molecular weight excluding hydrogens is 370 g/mol. The minimum Gasteiger partial charge on any atom is -0.443 e. The van der Waals surface area contributed by atoms with Crippen LogP contribution >= 0.6 is 0 Å². The van der Waals surface area contributed by atoms with Gasteiger partial charge in [-0.3, -0.25) is 9.11 Å². The molecule has 2 rings (SSSR count). The van der Waals surface area contributed by atoms with Crippen LogP contribution in [0, 0.1) is 0 Å². The van der Waals surface area contributed by atoms with Crippen molar-refractivity contribution in [3.63, 3.8) is 0 Å². The third kappa shape index (κ3) is 5.24. The molecule has 1 aromatic heterocycles. The molecular formula is C15H21NO7S2. The van der Waals surface area contributed by atoms with Crippen molar-refractivity contribution in [2.24, 2.45) is 0 Å². The molecule has 8 nitrogen and oxygen atoms in total. The van der Waals surface area contributed by atoms with Crippen LogP contribution in [0.25, 0.3) is 11.1 Å². The summed E-state index contributed by atoms with van der Waals surface area (Å²) in [7, 11) is -8.22. The first kappa shape index (κ1) is 19.8. The van der Waals surface area contributed by atoms with Gasteiger partial charge in [0.2, 0.25) is 0 Å². The summed E-state index contributed by atoms with van der Waals surface area (Å²) in [6.45, 7) is 2.84. The summed E-state index contributed by atoms with van der Waals surface area (Å²) >= 11 is 0. The molecule has 1 aromatic carbocycles. The van der Waals surface area contributed by atoms with Crippen molar-refractivity contribution < 1.29 is 30.4 Å². The number of aromatic nitrogens is 1. The summed E-state index contributed by atoms with van der Waals surface area (Å²) in [5, 5.41) is -1.83. The maximum atomic E-state index is 11.2. The maximum Gasteiger partial charge on any atom is 0.267 e. The largest absolute Gasteiger partial charge is 0.443 e. The first-order valence-electron chi connectivity index (χ1n) is 7.76. The molecule has 0 bridgehead atoms. The first-order valence-corrected chi connectivity index (χ1v) is 10.8. The highest BCUT2D eigenvalue weighted by Crippen LogP contribution is 2.24. The second-order valence-corrected chi connectivity index (χ2v) is 9.84. The van der Waals surface area contributed by atoms with E-state index in [0.717, 1.165) is 11.1 Å². The lowest BCUT2D eigenvalue weighted by atomic mass is 9.97. The van der Waals surface area contributed by atoms with Crippen LogP contribution in [-0.4, -0.2) is 41.4 Å². The van der Waals surface area contributed by atoms with Crippen molar-refractivity contribution in [1.82, 2.24) is 4.98 Å². The Bertz CT molecular complexity index is 871. The van der Waals surface area contributed by atoms with Crippen molar-refractivity contribution in [3.05, 3.63) is 29.7 Å². The Hall–Kier alpha value is -1.49. The van der Waals surface area contributed by atoms with Gasteiger partial charge in [-0.05, 0) is 62.8 Å². The van der Waals surface area contributed by atoms with Gasteiger partial charge in [0.15, 0.2) is 12.0 Å². The number of hydrogen-bond donors (Lipinski definition) is 2. The fourth-order valence-corrected chi connectivity index (χ4v) is 3.30. The van der Waals surface area contributed by atoms with Gasteiger partial charge in [-0.15, -0.1) is 0 Å². The van der Waals surface area contributed by atoms with Gasteiger partial charge in [0, 0.05) is 0 Å². The minimum absolute atomic E-state index is 0.208. The molecule has 1 heterocycles. The fraction of sp³-hybridized carbons (Fsp3) is 0.533. The smallest absolute Gasteiger partial charge is 0.267 e. The number of fused-ring (bicyclic) bond motifs is 1. The Kier molecular flexibility index (Phi) is 5.87. The molecule has 0 amide bonds. The van der Waals surface area contributed by atoms with Crippen molar-refractivity contribution in [1.29, 1.82) is 0 Å². The summed E-state index contributed by atoms with van der Waals surface area (Å²) in [5.74, 6) is 0. The molecule has 0 aliphatic heterocycles. The van der Waals surface area contributed by atoms with E-state index in [2.05, 4.69) is 4.98 Å². The molecule has 2 aromatic rings. The molecule has 0 radical (unpaired) electrons. The maximum absolute atomic E-state index is 11.2. The van der Waals surface area contributed by atoms with Crippen LogP contribution in [0.15, 0.2) is 22.9 Å². The van der Waals surface area contributed by atoms with Crippen molar-refractivity contribution in [2.75, 3.05) is 0 Å². The summed E-state index contributed by atoms with van der Waals surface area (Å²) in [5.41, 5.74) is 2.75. The second-order valence-electron chi connectivity index (χ2n) is 6.17. The van der Waals surface area contributed by atoms with E-state index in [4.69, 9.17) is 13.5 Å². The van der Waals surface area contributed by atoms with Gasteiger partial charge in [0.25, 0.3) is 20.2 Å². The van der Waals surface area contributed by atoms with E-state index in [0.29, 0.717) is 23.9 Å². The van der Waals surface area contributed by atoms with Gasteiger partial charge in [0.05, 0.1) is 10.5 Å². The Balaban J connectivity index is 2.24. The Morgan fingerprint density at radius 1 is 0.960 bits per heavy atom. The average Bonchev–Trinajstić information content (AvgIpc) is 2.94. The molecule has 2 N–H and O–H groups in total. The van der Waals surface area contributed by atoms with E-state index in [1.165, 1.54) is 20.2 Å². The third-order valence-electron chi connectivity index (χ3n) is 4.31. The molecule has 0 saturated carbocycles. The Morgan fingerprint density at radius 3 is 1.92 bits per heavy atom. The number of rotatable bonds is 8. The molecule has 2 atom stereocenters. The van der Waals surface area contributed by atoms with Crippen LogP contribution in [0.1, 0.15) is 37.8 Å². The first-order chi connectivity index (χ1) is 11.5. The predicted octanol–water partition coefficient (Wildman–Crippen LogP) is 2.25. The highest BCUT2D eigenvalue weighted by Gasteiger charge is 2.20. The zero-order valence-corrected chi connectivity index (χ0v) is 15.5. The SMILES string of the molecule is CC(CCc1cc2ncoc2cc1CCC(C)S(=O)(=O)O)S(=O)(=O)O. The van der Waals surface area contributed by atoms with Gasteiger partial charge >= 0.3 is 0 Å². The van der Waals surface area contributed by atoms with Crippen molar-refractivity contribution >= 4 is 31.3 Å². The van der Waals surface area contributed by atoms with Gasteiger partial charge in [0.1, 0.15) is 5.52 Å². The molecule has 10 heteroatoms. The average molecular weight is 391 g/mol. The van der Waals surface area contributed by atoms with E-state index in [1.807, 2.05) is 0 Å². The van der Waals surface area contributed by atoms with Crippen LogP contribution < -0.4 is 0 Å². The van der Waals surface area contributed by atoms with Crippen LogP contribution in [0.5, 0.6) is 0 Å². The summed E-state index contributed by atoms with van der Waals surface area (Å²) in [6.07, 6.45) is 2.45. The minimum atomic E-state index is -4.11. The molecule has 2 unspecified atom stereocenters. The molecule has 140 valence electrons. The number of nitrogens with zero attached hydrogens (tertiary/aromatic N) is 1. The van der Waals surface area contributed by atoms with Crippen LogP contribution in [0.4, 0.5) is 0 Å². The molecule has 0 aliphatic carbocycles. The lowest BCUT2D eigenvalue weighted by molar-refractivity contribution is 0.463.